The van der Waals surface area contributed by atoms with Gasteiger partial charge in [-0.25, -0.2) is 0 Å². The molecule has 15 heavy (non-hydrogen) atoms. The molecule has 2 aliphatic heterocycles. The van der Waals surface area contributed by atoms with E-state index in [1.807, 2.05) is 0 Å². The Bertz CT molecular complexity index is 217. The molecule has 0 amide bonds. The third-order valence-corrected chi connectivity index (χ3v) is 4.27. The summed E-state index contributed by atoms with van der Waals surface area (Å²) in [6.07, 6.45) is 3.66. The molecule has 0 N–H and O–H groups in total. The summed E-state index contributed by atoms with van der Waals surface area (Å²) >= 11 is 0. The summed E-state index contributed by atoms with van der Waals surface area (Å²) in [6.45, 7) is 14.3. The molecule has 2 rings (SSSR count). The molecule has 2 unspecified atom stereocenters. The maximum atomic E-state index is 6.15. The standard InChI is InChI=1S/C14H26O/c1-13(2,3)11-9-7-8-10(15-9)12(11)14(4,5)6/h9-12H,7-8H2,1-6H3/t9?,10?,11-,12-/m0/s1. The molecule has 1 heteroatoms. The van der Waals surface area contributed by atoms with Gasteiger partial charge < -0.3 is 4.74 Å². The molecule has 2 fully saturated rings. The zero-order valence-corrected chi connectivity index (χ0v) is 11.1. The van der Waals surface area contributed by atoms with Crippen LogP contribution in [0.4, 0.5) is 0 Å². The SMILES string of the molecule is CC(C)(C)[C@H]1C2CCC(O2)[C@@H]1C(C)(C)C. The van der Waals surface area contributed by atoms with E-state index < -0.39 is 0 Å². The van der Waals surface area contributed by atoms with Crippen LogP contribution in [0.5, 0.6) is 0 Å². The predicted octanol–water partition coefficient (Wildman–Crippen LogP) is 3.87. The Balaban J connectivity index is 2.28. The molecule has 0 aliphatic carbocycles. The van der Waals surface area contributed by atoms with Crippen LogP contribution in [-0.4, -0.2) is 12.2 Å². The van der Waals surface area contributed by atoms with E-state index in [1.165, 1.54) is 12.8 Å². The van der Waals surface area contributed by atoms with Crippen LogP contribution in [-0.2, 0) is 4.74 Å². The van der Waals surface area contributed by atoms with Crippen molar-refractivity contribution in [3.8, 4) is 0 Å². The van der Waals surface area contributed by atoms with Gasteiger partial charge in [0.15, 0.2) is 0 Å². The van der Waals surface area contributed by atoms with Gasteiger partial charge in [0.1, 0.15) is 0 Å². The maximum absolute atomic E-state index is 6.15. The number of hydrogen-bond acceptors (Lipinski definition) is 1. The van der Waals surface area contributed by atoms with Crippen molar-refractivity contribution in [1.29, 1.82) is 0 Å². The quantitative estimate of drug-likeness (QED) is 0.589. The summed E-state index contributed by atoms with van der Waals surface area (Å²) in [5, 5.41) is 0. The second-order valence-corrected chi connectivity index (χ2v) is 7.57. The molecule has 2 heterocycles. The van der Waals surface area contributed by atoms with E-state index in [1.54, 1.807) is 0 Å². The molecule has 0 radical (unpaired) electrons. The lowest BCUT2D eigenvalue weighted by Gasteiger charge is -2.44. The minimum atomic E-state index is 0.387. The number of rotatable bonds is 0. The van der Waals surface area contributed by atoms with Crippen molar-refractivity contribution in [1.82, 2.24) is 0 Å². The first-order valence-electron chi connectivity index (χ1n) is 6.37. The minimum Gasteiger partial charge on any atom is -0.374 e. The van der Waals surface area contributed by atoms with Crippen LogP contribution in [0.15, 0.2) is 0 Å². The van der Waals surface area contributed by atoms with Gasteiger partial charge in [0.25, 0.3) is 0 Å². The van der Waals surface area contributed by atoms with E-state index in [2.05, 4.69) is 41.5 Å². The average Bonchev–Trinajstić information content (AvgIpc) is 2.56. The molecule has 0 aromatic rings. The Labute approximate surface area is 94.6 Å². The van der Waals surface area contributed by atoms with Gasteiger partial charge in [-0.15, -0.1) is 0 Å². The highest BCUT2D eigenvalue weighted by Crippen LogP contribution is 2.56. The van der Waals surface area contributed by atoms with Crippen LogP contribution in [0.1, 0.15) is 54.4 Å². The van der Waals surface area contributed by atoms with Gasteiger partial charge in [0.2, 0.25) is 0 Å². The van der Waals surface area contributed by atoms with Gasteiger partial charge in [0, 0.05) is 0 Å². The van der Waals surface area contributed by atoms with Crippen molar-refractivity contribution in [2.24, 2.45) is 22.7 Å². The van der Waals surface area contributed by atoms with Gasteiger partial charge in [0.05, 0.1) is 12.2 Å². The molecule has 88 valence electrons. The monoisotopic (exact) mass is 210 g/mol. The second-order valence-electron chi connectivity index (χ2n) is 7.57. The smallest absolute Gasteiger partial charge is 0.0617 e. The molecule has 0 aromatic heterocycles. The van der Waals surface area contributed by atoms with Crippen molar-refractivity contribution in [2.45, 2.75) is 66.6 Å². The molecule has 0 aromatic carbocycles. The van der Waals surface area contributed by atoms with Crippen LogP contribution in [0.2, 0.25) is 0 Å². The number of fused-ring (bicyclic) bond motifs is 2. The Hall–Kier alpha value is -0.0400. The lowest BCUT2D eigenvalue weighted by molar-refractivity contribution is 0.0591. The summed E-state index contributed by atoms with van der Waals surface area (Å²) in [4.78, 5) is 0. The summed E-state index contributed by atoms with van der Waals surface area (Å²) < 4.78 is 6.15. The summed E-state index contributed by atoms with van der Waals surface area (Å²) in [5.74, 6) is 1.49. The van der Waals surface area contributed by atoms with Crippen molar-refractivity contribution >= 4 is 0 Å². The topological polar surface area (TPSA) is 9.23 Å². The Morgan fingerprint density at radius 1 is 0.733 bits per heavy atom. The van der Waals surface area contributed by atoms with Gasteiger partial charge in [-0.3, -0.25) is 0 Å². The largest absolute Gasteiger partial charge is 0.374 e. The zero-order valence-electron chi connectivity index (χ0n) is 11.1. The van der Waals surface area contributed by atoms with Gasteiger partial charge in [-0.05, 0) is 35.5 Å². The Kier molecular flexibility index (Phi) is 2.46. The lowest BCUT2D eigenvalue weighted by Crippen LogP contribution is -2.42. The van der Waals surface area contributed by atoms with Gasteiger partial charge >= 0.3 is 0 Å². The van der Waals surface area contributed by atoms with E-state index in [0.29, 0.717) is 23.0 Å². The first-order valence-corrected chi connectivity index (χ1v) is 6.37. The van der Waals surface area contributed by atoms with Crippen molar-refractivity contribution in [3.05, 3.63) is 0 Å². The summed E-state index contributed by atoms with van der Waals surface area (Å²) in [5.41, 5.74) is 0.773. The highest BCUT2D eigenvalue weighted by atomic mass is 16.5. The fourth-order valence-electron chi connectivity index (χ4n) is 3.87. The third-order valence-electron chi connectivity index (χ3n) is 4.27. The fraction of sp³-hybridized carbons (Fsp3) is 1.00. The normalized spacial score (nSPS) is 41.2. The van der Waals surface area contributed by atoms with Crippen LogP contribution in [0, 0.1) is 22.7 Å². The Morgan fingerprint density at radius 3 is 1.33 bits per heavy atom. The number of hydrogen-bond donors (Lipinski definition) is 0. The molecule has 4 atom stereocenters. The summed E-state index contributed by atoms with van der Waals surface area (Å²) in [7, 11) is 0. The first-order chi connectivity index (χ1) is 6.71. The highest BCUT2D eigenvalue weighted by molar-refractivity contribution is 5.04. The fourth-order valence-corrected chi connectivity index (χ4v) is 3.87. The molecule has 2 aliphatic rings. The zero-order chi connectivity index (χ0) is 11.4. The van der Waals surface area contributed by atoms with E-state index in [9.17, 15) is 0 Å². The highest BCUT2D eigenvalue weighted by Gasteiger charge is 2.56. The van der Waals surface area contributed by atoms with Gasteiger partial charge in [-0.1, -0.05) is 41.5 Å². The molecule has 1 nitrogen and oxygen atoms in total. The maximum Gasteiger partial charge on any atom is 0.0617 e. The molecule has 0 saturated carbocycles. The summed E-state index contributed by atoms with van der Waals surface area (Å²) in [6, 6.07) is 0. The van der Waals surface area contributed by atoms with Crippen molar-refractivity contribution in [3.63, 3.8) is 0 Å². The molecular formula is C14H26O. The molecule has 2 bridgehead atoms. The number of ether oxygens (including phenoxy) is 1. The van der Waals surface area contributed by atoms with E-state index in [-0.39, 0.29) is 0 Å². The lowest BCUT2D eigenvalue weighted by atomic mass is 9.59. The molecule has 2 saturated heterocycles. The third kappa shape index (κ3) is 1.84. The van der Waals surface area contributed by atoms with Gasteiger partial charge in [-0.2, -0.15) is 0 Å². The average molecular weight is 210 g/mol. The van der Waals surface area contributed by atoms with Crippen molar-refractivity contribution < 1.29 is 4.74 Å². The molecular weight excluding hydrogens is 184 g/mol. The Morgan fingerprint density at radius 2 is 1.07 bits per heavy atom. The first kappa shape index (κ1) is 11.4. The van der Waals surface area contributed by atoms with E-state index in [4.69, 9.17) is 4.74 Å². The van der Waals surface area contributed by atoms with Crippen molar-refractivity contribution in [2.75, 3.05) is 0 Å². The predicted molar refractivity (Wildman–Crippen MR) is 63.8 cm³/mol. The van der Waals surface area contributed by atoms with Crippen LogP contribution < -0.4 is 0 Å². The van der Waals surface area contributed by atoms with E-state index in [0.717, 1.165) is 11.8 Å². The molecule has 0 spiro atoms. The minimum absolute atomic E-state index is 0.387. The van der Waals surface area contributed by atoms with Crippen LogP contribution >= 0.6 is 0 Å². The van der Waals surface area contributed by atoms with Crippen LogP contribution in [0.25, 0.3) is 0 Å². The van der Waals surface area contributed by atoms with Crippen LogP contribution in [0.3, 0.4) is 0 Å². The van der Waals surface area contributed by atoms with E-state index >= 15 is 0 Å². The second kappa shape index (κ2) is 3.23.